The minimum Gasteiger partial charge on any atom is -0.366 e. The molecule has 5 heteroatoms. The number of nitrogens with zero attached hydrogens (tertiary/aromatic N) is 1. The SMILES string of the molecule is CCc1ccc([N+](=O)[O-])cc1.Cc1cccc(C(N)=O)c1. The molecule has 0 aliphatic rings. The number of nitro benzene ring substituents is 1. The molecular formula is C16H18N2O3. The van der Waals surface area contributed by atoms with Gasteiger partial charge in [0.2, 0.25) is 5.91 Å². The summed E-state index contributed by atoms with van der Waals surface area (Å²) in [5.74, 6) is -0.372. The van der Waals surface area contributed by atoms with Crippen LogP contribution in [0.5, 0.6) is 0 Å². The number of aryl methyl sites for hydroxylation is 2. The van der Waals surface area contributed by atoms with Crippen molar-refractivity contribution in [1.82, 2.24) is 0 Å². The fourth-order valence-corrected chi connectivity index (χ4v) is 1.65. The fraction of sp³-hybridized carbons (Fsp3) is 0.188. The van der Waals surface area contributed by atoms with E-state index in [9.17, 15) is 14.9 Å². The molecular weight excluding hydrogens is 268 g/mol. The Morgan fingerprint density at radius 1 is 1.19 bits per heavy atom. The third kappa shape index (κ3) is 5.44. The van der Waals surface area contributed by atoms with E-state index in [1.807, 2.05) is 26.0 Å². The lowest BCUT2D eigenvalue weighted by Gasteiger charge is -1.94. The van der Waals surface area contributed by atoms with E-state index in [4.69, 9.17) is 5.73 Å². The second-order valence-corrected chi connectivity index (χ2v) is 4.51. The smallest absolute Gasteiger partial charge is 0.269 e. The monoisotopic (exact) mass is 286 g/mol. The Morgan fingerprint density at radius 2 is 1.81 bits per heavy atom. The van der Waals surface area contributed by atoms with Gasteiger partial charge >= 0.3 is 0 Å². The molecule has 0 bridgehead atoms. The molecule has 2 rings (SSSR count). The van der Waals surface area contributed by atoms with E-state index in [1.54, 1.807) is 24.3 Å². The van der Waals surface area contributed by atoms with Crippen molar-refractivity contribution in [3.05, 3.63) is 75.3 Å². The van der Waals surface area contributed by atoms with Gasteiger partial charge in [-0.15, -0.1) is 0 Å². The number of nitrogens with two attached hydrogens (primary N) is 1. The van der Waals surface area contributed by atoms with Crippen LogP contribution < -0.4 is 5.73 Å². The second kappa shape index (κ2) is 7.79. The molecule has 2 aromatic rings. The van der Waals surface area contributed by atoms with Crippen LogP contribution in [0, 0.1) is 17.0 Å². The van der Waals surface area contributed by atoms with Crippen molar-refractivity contribution in [2.45, 2.75) is 20.3 Å². The maximum atomic E-state index is 10.6. The Kier molecular flexibility index (Phi) is 6.07. The zero-order valence-corrected chi connectivity index (χ0v) is 12.1. The Balaban J connectivity index is 0.000000211. The van der Waals surface area contributed by atoms with Crippen molar-refractivity contribution in [1.29, 1.82) is 0 Å². The van der Waals surface area contributed by atoms with Crippen molar-refractivity contribution in [3.63, 3.8) is 0 Å². The van der Waals surface area contributed by atoms with E-state index in [0.29, 0.717) is 5.56 Å². The van der Waals surface area contributed by atoms with E-state index < -0.39 is 0 Å². The first-order chi connectivity index (χ1) is 9.93. The molecule has 0 radical (unpaired) electrons. The fourth-order valence-electron chi connectivity index (χ4n) is 1.65. The molecule has 0 heterocycles. The van der Waals surface area contributed by atoms with Crippen LogP contribution in [0.25, 0.3) is 0 Å². The van der Waals surface area contributed by atoms with Crippen LogP contribution in [0.3, 0.4) is 0 Å². The number of nitro groups is 1. The Bertz CT molecular complexity index is 622. The number of rotatable bonds is 3. The first-order valence-electron chi connectivity index (χ1n) is 6.53. The quantitative estimate of drug-likeness (QED) is 0.694. The van der Waals surface area contributed by atoms with Crippen LogP contribution in [-0.2, 0) is 6.42 Å². The van der Waals surface area contributed by atoms with Gasteiger partial charge in [0.25, 0.3) is 5.69 Å². The summed E-state index contributed by atoms with van der Waals surface area (Å²) in [7, 11) is 0. The lowest BCUT2D eigenvalue weighted by atomic mass is 10.1. The Hall–Kier alpha value is -2.69. The maximum absolute atomic E-state index is 10.6. The average Bonchev–Trinajstić information content (AvgIpc) is 2.48. The van der Waals surface area contributed by atoms with E-state index >= 15 is 0 Å². The topological polar surface area (TPSA) is 86.2 Å². The van der Waals surface area contributed by atoms with Crippen molar-refractivity contribution in [3.8, 4) is 0 Å². The summed E-state index contributed by atoms with van der Waals surface area (Å²) < 4.78 is 0. The molecule has 0 aromatic heterocycles. The minimum atomic E-state index is -0.389. The molecule has 0 fully saturated rings. The number of benzene rings is 2. The van der Waals surface area contributed by atoms with Crippen LogP contribution in [0.1, 0.15) is 28.4 Å². The molecule has 5 nitrogen and oxygen atoms in total. The molecule has 0 aliphatic heterocycles. The largest absolute Gasteiger partial charge is 0.366 e. The predicted octanol–water partition coefficient (Wildman–Crippen LogP) is 3.25. The summed E-state index contributed by atoms with van der Waals surface area (Å²) in [6.07, 6.45) is 0.915. The molecule has 2 aromatic carbocycles. The minimum absolute atomic E-state index is 0.155. The van der Waals surface area contributed by atoms with E-state index in [1.165, 1.54) is 12.1 Å². The molecule has 1 amide bonds. The first-order valence-corrected chi connectivity index (χ1v) is 6.53. The molecule has 21 heavy (non-hydrogen) atoms. The van der Waals surface area contributed by atoms with Gasteiger partial charge in [0.05, 0.1) is 4.92 Å². The molecule has 0 saturated heterocycles. The zero-order valence-electron chi connectivity index (χ0n) is 12.1. The van der Waals surface area contributed by atoms with Crippen LogP contribution in [0.2, 0.25) is 0 Å². The van der Waals surface area contributed by atoms with E-state index in [-0.39, 0.29) is 16.5 Å². The average molecular weight is 286 g/mol. The highest BCUT2D eigenvalue weighted by atomic mass is 16.6. The van der Waals surface area contributed by atoms with Gasteiger partial charge in [-0.05, 0) is 31.0 Å². The van der Waals surface area contributed by atoms with Gasteiger partial charge in [0.1, 0.15) is 0 Å². The second-order valence-electron chi connectivity index (χ2n) is 4.51. The number of carbonyl (C=O) groups is 1. The molecule has 0 atom stereocenters. The van der Waals surface area contributed by atoms with Crippen molar-refractivity contribution >= 4 is 11.6 Å². The first kappa shape index (κ1) is 16.4. The number of hydrogen-bond donors (Lipinski definition) is 1. The van der Waals surface area contributed by atoms with Crippen molar-refractivity contribution in [2.75, 3.05) is 0 Å². The lowest BCUT2D eigenvalue weighted by Crippen LogP contribution is -2.10. The van der Waals surface area contributed by atoms with Crippen LogP contribution >= 0.6 is 0 Å². The van der Waals surface area contributed by atoms with Gasteiger partial charge in [-0.1, -0.05) is 36.8 Å². The predicted molar refractivity (Wildman–Crippen MR) is 82.2 cm³/mol. The normalized spacial score (nSPS) is 9.43. The molecule has 0 saturated carbocycles. The third-order valence-corrected chi connectivity index (χ3v) is 2.86. The van der Waals surface area contributed by atoms with E-state index in [0.717, 1.165) is 17.5 Å². The van der Waals surface area contributed by atoms with E-state index in [2.05, 4.69) is 0 Å². The summed E-state index contributed by atoms with van der Waals surface area (Å²) >= 11 is 0. The highest BCUT2D eigenvalue weighted by molar-refractivity contribution is 5.92. The molecule has 2 N–H and O–H groups in total. The number of carbonyl (C=O) groups excluding carboxylic acids is 1. The summed E-state index contributed by atoms with van der Waals surface area (Å²) in [5, 5.41) is 10.2. The van der Waals surface area contributed by atoms with Crippen LogP contribution in [-0.4, -0.2) is 10.8 Å². The van der Waals surface area contributed by atoms with Crippen molar-refractivity contribution < 1.29 is 9.72 Å². The van der Waals surface area contributed by atoms with Crippen molar-refractivity contribution in [2.24, 2.45) is 5.73 Å². The number of non-ortho nitro benzene ring substituents is 1. The molecule has 0 unspecified atom stereocenters. The number of amides is 1. The van der Waals surface area contributed by atoms with Gasteiger partial charge < -0.3 is 5.73 Å². The molecule has 110 valence electrons. The summed E-state index contributed by atoms with van der Waals surface area (Å²) in [6, 6.07) is 13.8. The zero-order chi connectivity index (χ0) is 15.8. The van der Waals surface area contributed by atoms with Gasteiger partial charge in [-0.25, -0.2) is 0 Å². The van der Waals surface area contributed by atoms with Gasteiger partial charge in [-0.3, -0.25) is 14.9 Å². The Morgan fingerprint density at radius 3 is 2.19 bits per heavy atom. The highest BCUT2D eigenvalue weighted by Gasteiger charge is 2.01. The standard InChI is InChI=1S/C8H9NO2.C8H9NO/c1-2-7-3-5-8(6-4-7)9(10)11;1-6-3-2-4-7(5-6)8(9)10/h3-6H,2H2,1H3;2-5H,1H3,(H2,9,10). The lowest BCUT2D eigenvalue weighted by molar-refractivity contribution is -0.384. The molecule has 0 spiro atoms. The maximum Gasteiger partial charge on any atom is 0.269 e. The Labute approximate surface area is 123 Å². The number of primary amides is 1. The number of hydrogen-bond acceptors (Lipinski definition) is 3. The van der Waals surface area contributed by atoms with Gasteiger partial charge in [0, 0.05) is 17.7 Å². The third-order valence-electron chi connectivity index (χ3n) is 2.86. The molecule has 0 aliphatic carbocycles. The summed E-state index contributed by atoms with van der Waals surface area (Å²) in [4.78, 5) is 20.4. The summed E-state index contributed by atoms with van der Waals surface area (Å²) in [5.41, 5.74) is 7.94. The summed E-state index contributed by atoms with van der Waals surface area (Å²) in [6.45, 7) is 3.94. The highest BCUT2D eigenvalue weighted by Crippen LogP contribution is 2.11. The van der Waals surface area contributed by atoms with Gasteiger partial charge in [0.15, 0.2) is 0 Å². The van der Waals surface area contributed by atoms with Crippen LogP contribution in [0.4, 0.5) is 5.69 Å². The van der Waals surface area contributed by atoms with Gasteiger partial charge in [-0.2, -0.15) is 0 Å². The van der Waals surface area contributed by atoms with Crippen LogP contribution in [0.15, 0.2) is 48.5 Å².